The first-order valence-electron chi connectivity index (χ1n) is 7.06. The Labute approximate surface area is 116 Å². The van der Waals surface area contributed by atoms with Crippen LogP contribution in [0.1, 0.15) is 50.4 Å². The van der Waals surface area contributed by atoms with E-state index in [2.05, 4.69) is 6.92 Å². The van der Waals surface area contributed by atoms with E-state index in [0.717, 1.165) is 18.8 Å². The molecule has 0 aliphatic heterocycles. The number of rotatable bonds is 7. The Morgan fingerprint density at radius 2 is 1.84 bits per heavy atom. The van der Waals surface area contributed by atoms with Gasteiger partial charge in [-0.15, -0.1) is 0 Å². The molecule has 106 valence electrons. The summed E-state index contributed by atoms with van der Waals surface area (Å²) < 4.78 is 5.63. The van der Waals surface area contributed by atoms with Gasteiger partial charge in [-0.2, -0.15) is 0 Å². The quantitative estimate of drug-likeness (QED) is 0.701. The lowest BCUT2D eigenvalue weighted by atomic mass is 10.2. The molecule has 0 aliphatic carbocycles. The fourth-order valence-corrected chi connectivity index (χ4v) is 1.67. The number of ether oxygens (including phenoxy) is 1. The number of nitrogens with zero attached hydrogens (tertiary/aromatic N) is 1. The third kappa shape index (κ3) is 4.93. The Balaban J connectivity index is 2.54. The molecule has 0 heterocycles. The Bertz CT molecular complexity index is 384. The van der Waals surface area contributed by atoms with Gasteiger partial charge in [-0.25, -0.2) is 0 Å². The summed E-state index contributed by atoms with van der Waals surface area (Å²) in [6, 6.07) is 7.60. The number of hydrogen-bond acceptors (Lipinski definition) is 2. The number of carbonyl (C=O) groups is 1. The van der Waals surface area contributed by atoms with E-state index in [0.29, 0.717) is 5.56 Å². The lowest BCUT2D eigenvalue weighted by Gasteiger charge is -2.21. The van der Waals surface area contributed by atoms with Gasteiger partial charge in [-0.1, -0.05) is 19.8 Å². The molecule has 0 aromatic heterocycles. The second-order valence-corrected chi connectivity index (χ2v) is 5.09. The first-order chi connectivity index (χ1) is 9.06. The maximum atomic E-state index is 12.1. The van der Waals surface area contributed by atoms with E-state index in [9.17, 15) is 4.79 Å². The summed E-state index contributed by atoms with van der Waals surface area (Å²) in [7, 11) is 1.82. The van der Waals surface area contributed by atoms with Crippen LogP contribution in [0.5, 0.6) is 5.75 Å². The van der Waals surface area contributed by atoms with E-state index in [4.69, 9.17) is 4.74 Å². The number of amides is 1. The molecule has 3 nitrogen and oxygen atoms in total. The van der Waals surface area contributed by atoms with Gasteiger partial charge in [-0.3, -0.25) is 4.79 Å². The SMILES string of the molecule is CCCCCOc1ccc(C(=O)N(C)C(C)C)cc1. The highest BCUT2D eigenvalue weighted by molar-refractivity contribution is 5.94. The maximum absolute atomic E-state index is 12.1. The fraction of sp³-hybridized carbons (Fsp3) is 0.562. The summed E-state index contributed by atoms with van der Waals surface area (Å²) >= 11 is 0. The number of hydrogen-bond donors (Lipinski definition) is 0. The Morgan fingerprint density at radius 3 is 2.37 bits per heavy atom. The zero-order valence-electron chi connectivity index (χ0n) is 12.5. The monoisotopic (exact) mass is 263 g/mol. The van der Waals surface area contributed by atoms with Gasteiger partial charge in [0, 0.05) is 18.7 Å². The number of benzene rings is 1. The first-order valence-corrected chi connectivity index (χ1v) is 7.06. The molecular formula is C16H25NO2. The van der Waals surface area contributed by atoms with Crippen LogP contribution in [0, 0.1) is 0 Å². The van der Waals surface area contributed by atoms with E-state index < -0.39 is 0 Å². The van der Waals surface area contributed by atoms with Crippen molar-refractivity contribution in [2.75, 3.05) is 13.7 Å². The Kier molecular flexibility index (Phi) is 6.40. The Hall–Kier alpha value is -1.51. The van der Waals surface area contributed by atoms with Crippen molar-refractivity contribution in [2.24, 2.45) is 0 Å². The molecule has 1 rings (SSSR count). The summed E-state index contributed by atoms with van der Waals surface area (Å²) in [6.45, 7) is 6.92. The van der Waals surface area contributed by atoms with E-state index in [1.54, 1.807) is 4.90 Å². The summed E-state index contributed by atoms with van der Waals surface area (Å²) in [5.74, 6) is 0.882. The van der Waals surface area contributed by atoms with Crippen LogP contribution < -0.4 is 4.74 Å². The zero-order valence-corrected chi connectivity index (χ0v) is 12.5. The van der Waals surface area contributed by atoms with Gasteiger partial charge in [0.2, 0.25) is 0 Å². The van der Waals surface area contributed by atoms with Crippen molar-refractivity contribution in [2.45, 2.75) is 46.1 Å². The molecule has 0 atom stereocenters. The van der Waals surface area contributed by atoms with Crippen LogP contribution in [0.2, 0.25) is 0 Å². The van der Waals surface area contributed by atoms with Gasteiger partial charge in [-0.05, 0) is 44.5 Å². The molecule has 0 fully saturated rings. The predicted octanol–water partition coefficient (Wildman–Crippen LogP) is 3.74. The minimum Gasteiger partial charge on any atom is -0.494 e. The highest BCUT2D eigenvalue weighted by Gasteiger charge is 2.13. The fourth-order valence-electron chi connectivity index (χ4n) is 1.67. The smallest absolute Gasteiger partial charge is 0.253 e. The second-order valence-electron chi connectivity index (χ2n) is 5.09. The molecule has 19 heavy (non-hydrogen) atoms. The summed E-state index contributed by atoms with van der Waals surface area (Å²) in [6.07, 6.45) is 3.46. The first kappa shape index (κ1) is 15.5. The van der Waals surface area contributed by atoms with Crippen molar-refractivity contribution in [1.82, 2.24) is 4.90 Å². The highest BCUT2D eigenvalue weighted by Crippen LogP contribution is 2.14. The van der Waals surface area contributed by atoms with Crippen LogP contribution >= 0.6 is 0 Å². The van der Waals surface area contributed by atoms with Gasteiger partial charge in [0.05, 0.1) is 6.61 Å². The lowest BCUT2D eigenvalue weighted by molar-refractivity contribution is 0.0755. The topological polar surface area (TPSA) is 29.5 Å². The molecule has 0 N–H and O–H groups in total. The van der Waals surface area contributed by atoms with Crippen molar-refractivity contribution in [3.8, 4) is 5.75 Å². The largest absolute Gasteiger partial charge is 0.494 e. The third-order valence-corrected chi connectivity index (χ3v) is 3.21. The van der Waals surface area contributed by atoms with Crippen LogP contribution in [0.3, 0.4) is 0 Å². The van der Waals surface area contributed by atoms with Crippen LogP contribution in [0.25, 0.3) is 0 Å². The molecule has 1 aromatic rings. The van der Waals surface area contributed by atoms with Crippen LogP contribution in [0.4, 0.5) is 0 Å². The standard InChI is InChI=1S/C16H25NO2/c1-5-6-7-12-19-15-10-8-14(9-11-15)16(18)17(4)13(2)3/h8-11,13H,5-7,12H2,1-4H3. The molecule has 1 amide bonds. The van der Waals surface area contributed by atoms with Crippen molar-refractivity contribution >= 4 is 5.91 Å². The molecule has 0 bridgehead atoms. The maximum Gasteiger partial charge on any atom is 0.253 e. The van der Waals surface area contributed by atoms with Gasteiger partial charge in [0.25, 0.3) is 5.91 Å². The zero-order chi connectivity index (χ0) is 14.3. The van der Waals surface area contributed by atoms with Gasteiger partial charge >= 0.3 is 0 Å². The van der Waals surface area contributed by atoms with Crippen molar-refractivity contribution < 1.29 is 9.53 Å². The molecule has 0 saturated heterocycles. The van der Waals surface area contributed by atoms with Gasteiger partial charge in [0.1, 0.15) is 5.75 Å². The third-order valence-electron chi connectivity index (χ3n) is 3.21. The van der Waals surface area contributed by atoms with Crippen molar-refractivity contribution in [3.63, 3.8) is 0 Å². The molecule has 1 aromatic carbocycles. The van der Waals surface area contributed by atoms with E-state index >= 15 is 0 Å². The highest BCUT2D eigenvalue weighted by atomic mass is 16.5. The van der Waals surface area contributed by atoms with E-state index in [1.165, 1.54) is 12.8 Å². The Morgan fingerprint density at radius 1 is 1.21 bits per heavy atom. The molecule has 0 spiro atoms. The van der Waals surface area contributed by atoms with Gasteiger partial charge in [0.15, 0.2) is 0 Å². The van der Waals surface area contributed by atoms with Crippen LogP contribution in [-0.4, -0.2) is 30.5 Å². The van der Waals surface area contributed by atoms with Gasteiger partial charge < -0.3 is 9.64 Å². The normalized spacial score (nSPS) is 10.6. The lowest BCUT2D eigenvalue weighted by Crippen LogP contribution is -2.32. The predicted molar refractivity (Wildman–Crippen MR) is 78.7 cm³/mol. The molecule has 0 unspecified atom stereocenters. The summed E-state index contributed by atoms with van der Waals surface area (Å²) in [5.41, 5.74) is 0.706. The van der Waals surface area contributed by atoms with E-state index in [1.807, 2.05) is 45.2 Å². The average Bonchev–Trinajstić information content (AvgIpc) is 2.42. The van der Waals surface area contributed by atoms with Crippen molar-refractivity contribution in [3.05, 3.63) is 29.8 Å². The summed E-state index contributed by atoms with van der Waals surface area (Å²) in [5, 5.41) is 0. The van der Waals surface area contributed by atoms with Crippen LogP contribution in [0.15, 0.2) is 24.3 Å². The molecule has 0 radical (unpaired) electrons. The molecular weight excluding hydrogens is 238 g/mol. The summed E-state index contributed by atoms with van der Waals surface area (Å²) in [4.78, 5) is 13.8. The minimum absolute atomic E-state index is 0.0486. The van der Waals surface area contributed by atoms with Crippen molar-refractivity contribution in [1.29, 1.82) is 0 Å². The molecule has 0 aliphatic rings. The molecule has 3 heteroatoms. The second kappa shape index (κ2) is 7.82. The van der Waals surface area contributed by atoms with E-state index in [-0.39, 0.29) is 11.9 Å². The number of unbranched alkanes of at least 4 members (excludes halogenated alkanes) is 2. The van der Waals surface area contributed by atoms with Crippen LogP contribution in [-0.2, 0) is 0 Å². The minimum atomic E-state index is 0.0486. The average molecular weight is 263 g/mol. The molecule has 0 saturated carbocycles. The number of carbonyl (C=O) groups excluding carboxylic acids is 1.